The molecule has 0 aliphatic rings. The first-order valence-electron chi connectivity index (χ1n) is 4.76. The zero-order valence-corrected chi connectivity index (χ0v) is 9.49. The quantitative estimate of drug-likeness (QED) is 0.839. The lowest BCUT2D eigenvalue weighted by molar-refractivity contribution is 1.20. The summed E-state index contributed by atoms with van der Waals surface area (Å²) in [4.78, 5) is 8.05. The van der Waals surface area contributed by atoms with E-state index in [1.807, 2.05) is 25.1 Å². The monoisotopic (exact) mass is 234 g/mol. The predicted molar refractivity (Wildman–Crippen MR) is 65.9 cm³/mol. The summed E-state index contributed by atoms with van der Waals surface area (Å²) in [5.74, 6) is 0.982. The number of hydrogen-bond acceptors (Lipinski definition) is 4. The summed E-state index contributed by atoms with van der Waals surface area (Å²) in [6, 6.07) is 5.61. The van der Waals surface area contributed by atoms with Crippen molar-refractivity contribution in [2.24, 2.45) is 0 Å². The van der Waals surface area contributed by atoms with Gasteiger partial charge in [-0.05, 0) is 24.6 Å². The van der Waals surface area contributed by atoms with Gasteiger partial charge in [-0.1, -0.05) is 17.7 Å². The SMILES string of the molecule is Cc1ccc(Cl)cc1Nc1cncc(N)n1. The fraction of sp³-hybridized carbons (Fsp3) is 0.0909. The van der Waals surface area contributed by atoms with Crippen LogP contribution in [0, 0.1) is 6.92 Å². The number of benzene rings is 1. The molecule has 0 fully saturated rings. The molecule has 2 aromatic rings. The Morgan fingerprint density at radius 2 is 2.12 bits per heavy atom. The van der Waals surface area contributed by atoms with Gasteiger partial charge in [-0.2, -0.15) is 0 Å². The molecule has 16 heavy (non-hydrogen) atoms. The third-order valence-corrected chi connectivity index (χ3v) is 2.35. The highest BCUT2D eigenvalue weighted by atomic mass is 35.5. The number of rotatable bonds is 2. The Bertz CT molecular complexity index is 513. The van der Waals surface area contributed by atoms with E-state index in [0.717, 1.165) is 11.3 Å². The van der Waals surface area contributed by atoms with Crippen LogP contribution in [0.2, 0.25) is 5.02 Å². The minimum absolute atomic E-state index is 0.379. The van der Waals surface area contributed by atoms with E-state index in [9.17, 15) is 0 Å². The Hall–Kier alpha value is -1.81. The lowest BCUT2D eigenvalue weighted by Crippen LogP contribution is -1.99. The molecule has 82 valence electrons. The molecular weight excluding hydrogens is 224 g/mol. The molecule has 5 heteroatoms. The summed E-state index contributed by atoms with van der Waals surface area (Å²) in [6.07, 6.45) is 3.10. The van der Waals surface area contributed by atoms with Gasteiger partial charge in [0.25, 0.3) is 0 Å². The van der Waals surface area contributed by atoms with Crippen molar-refractivity contribution < 1.29 is 0 Å². The minimum Gasteiger partial charge on any atom is -0.382 e. The molecule has 0 atom stereocenters. The smallest absolute Gasteiger partial charge is 0.151 e. The zero-order chi connectivity index (χ0) is 11.5. The molecule has 0 saturated heterocycles. The number of halogens is 1. The summed E-state index contributed by atoms with van der Waals surface area (Å²) >= 11 is 5.91. The molecular formula is C11H11ClN4. The van der Waals surface area contributed by atoms with Crippen LogP contribution in [0.25, 0.3) is 0 Å². The highest BCUT2D eigenvalue weighted by Crippen LogP contribution is 2.23. The molecule has 0 unspecified atom stereocenters. The van der Waals surface area contributed by atoms with Crippen molar-refractivity contribution in [3.8, 4) is 0 Å². The van der Waals surface area contributed by atoms with Gasteiger partial charge in [0.15, 0.2) is 5.82 Å². The van der Waals surface area contributed by atoms with Gasteiger partial charge >= 0.3 is 0 Å². The van der Waals surface area contributed by atoms with E-state index >= 15 is 0 Å². The highest BCUT2D eigenvalue weighted by molar-refractivity contribution is 6.30. The minimum atomic E-state index is 0.379. The van der Waals surface area contributed by atoms with E-state index in [1.54, 1.807) is 6.20 Å². The van der Waals surface area contributed by atoms with Gasteiger partial charge in [-0.3, -0.25) is 4.98 Å². The molecule has 0 spiro atoms. The molecule has 4 nitrogen and oxygen atoms in total. The van der Waals surface area contributed by atoms with Crippen LogP contribution in [-0.2, 0) is 0 Å². The summed E-state index contributed by atoms with van der Waals surface area (Å²) in [6.45, 7) is 1.98. The van der Waals surface area contributed by atoms with Crippen LogP contribution in [0.4, 0.5) is 17.3 Å². The summed E-state index contributed by atoms with van der Waals surface area (Å²) in [7, 11) is 0. The van der Waals surface area contributed by atoms with E-state index in [1.165, 1.54) is 6.20 Å². The maximum atomic E-state index is 5.91. The van der Waals surface area contributed by atoms with Crippen molar-refractivity contribution in [1.29, 1.82) is 0 Å². The van der Waals surface area contributed by atoms with Gasteiger partial charge in [0.1, 0.15) is 5.82 Å². The fourth-order valence-electron chi connectivity index (χ4n) is 1.31. The van der Waals surface area contributed by atoms with Gasteiger partial charge in [0.2, 0.25) is 0 Å². The molecule has 0 bridgehead atoms. The van der Waals surface area contributed by atoms with Crippen LogP contribution in [-0.4, -0.2) is 9.97 Å². The summed E-state index contributed by atoms with van der Waals surface area (Å²) < 4.78 is 0. The Morgan fingerprint density at radius 3 is 2.88 bits per heavy atom. The molecule has 1 aromatic carbocycles. The van der Waals surface area contributed by atoms with E-state index in [-0.39, 0.29) is 0 Å². The topological polar surface area (TPSA) is 63.8 Å². The van der Waals surface area contributed by atoms with Crippen molar-refractivity contribution in [2.75, 3.05) is 11.1 Å². The van der Waals surface area contributed by atoms with Gasteiger partial charge < -0.3 is 11.1 Å². The average Bonchev–Trinajstić information content (AvgIpc) is 2.24. The Morgan fingerprint density at radius 1 is 1.31 bits per heavy atom. The highest BCUT2D eigenvalue weighted by Gasteiger charge is 2.01. The molecule has 1 heterocycles. The van der Waals surface area contributed by atoms with Gasteiger partial charge in [0, 0.05) is 10.7 Å². The van der Waals surface area contributed by atoms with Crippen molar-refractivity contribution in [3.63, 3.8) is 0 Å². The van der Waals surface area contributed by atoms with E-state index in [4.69, 9.17) is 17.3 Å². The van der Waals surface area contributed by atoms with Crippen molar-refractivity contribution in [2.45, 2.75) is 6.92 Å². The second-order valence-corrected chi connectivity index (χ2v) is 3.85. The third-order valence-electron chi connectivity index (χ3n) is 2.12. The van der Waals surface area contributed by atoms with E-state index < -0.39 is 0 Å². The van der Waals surface area contributed by atoms with Crippen LogP contribution >= 0.6 is 11.6 Å². The zero-order valence-electron chi connectivity index (χ0n) is 8.74. The lowest BCUT2D eigenvalue weighted by Gasteiger charge is -2.08. The molecule has 0 amide bonds. The van der Waals surface area contributed by atoms with Gasteiger partial charge in [-0.15, -0.1) is 0 Å². The Kier molecular flexibility index (Phi) is 2.92. The standard InChI is InChI=1S/C11H11ClN4/c1-7-2-3-8(12)4-9(7)15-11-6-14-5-10(13)16-11/h2-6H,1H3,(H3,13,15,16). The first-order chi connectivity index (χ1) is 7.65. The molecule has 1 aromatic heterocycles. The number of nitrogens with zero attached hydrogens (tertiary/aromatic N) is 2. The second-order valence-electron chi connectivity index (χ2n) is 3.41. The molecule has 0 aliphatic carbocycles. The number of aryl methyl sites for hydroxylation is 1. The number of anilines is 3. The van der Waals surface area contributed by atoms with E-state index in [2.05, 4.69) is 15.3 Å². The van der Waals surface area contributed by atoms with Gasteiger partial charge in [-0.25, -0.2) is 4.98 Å². The van der Waals surface area contributed by atoms with Crippen molar-refractivity contribution in [3.05, 3.63) is 41.2 Å². The third kappa shape index (κ3) is 2.41. The largest absolute Gasteiger partial charge is 0.382 e. The average molecular weight is 235 g/mol. The van der Waals surface area contributed by atoms with Crippen molar-refractivity contribution in [1.82, 2.24) is 9.97 Å². The van der Waals surface area contributed by atoms with Crippen LogP contribution in [0.1, 0.15) is 5.56 Å². The number of hydrogen-bond donors (Lipinski definition) is 2. The number of nitrogens with one attached hydrogen (secondary N) is 1. The molecule has 3 N–H and O–H groups in total. The van der Waals surface area contributed by atoms with E-state index in [0.29, 0.717) is 16.7 Å². The number of nitrogens with two attached hydrogens (primary N) is 1. The van der Waals surface area contributed by atoms with Crippen LogP contribution < -0.4 is 11.1 Å². The van der Waals surface area contributed by atoms with Crippen molar-refractivity contribution >= 4 is 28.9 Å². The maximum Gasteiger partial charge on any atom is 0.151 e. The van der Waals surface area contributed by atoms with Crippen LogP contribution in [0.5, 0.6) is 0 Å². The van der Waals surface area contributed by atoms with Gasteiger partial charge in [0.05, 0.1) is 12.4 Å². The molecule has 0 radical (unpaired) electrons. The Labute approximate surface area is 98.5 Å². The molecule has 0 saturated carbocycles. The summed E-state index contributed by atoms with van der Waals surface area (Å²) in [5, 5.41) is 3.79. The maximum absolute atomic E-state index is 5.91. The number of nitrogen functional groups attached to an aromatic ring is 1. The summed E-state index contributed by atoms with van der Waals surface area (Å²) in [5.41, 5.74) is 7.51. The molecule has 0 aliphatic heterocycles. The normalized spacial score (nSPS) is 10.1. The Balaban J connectivity index is 2.30. The van der Waals surface area contributed by atoms with Crippen LogP contribution in [0.15, 0.2) is 30.6 Å². The molecule has 2 rings (SSSR count). The first-order valence-corrected chi connectivity index (χ1v) is 5.13. The van der Waals surface area contributed by atoms with Crippen LogP contribution in [0.3, 0.4) is 0 Å². The fourth-order valence-corrected chi connectivity index (χ4v) is 1.48. The number of aromatic nitrogens is 2. The predicted octanol–water partition coefficient (Wildman–Crippen LogP) is 2.76. The second kappa shape index (κ2) is 4.37. The lowest BCUT2D eigenvalue weighted by atomic mass is 10.2. The first kappa shape index (κ1) is 10.7.